The Bertz CT molecular complexity index is 1200. The molecule has 0 heterocycles. The Balaban J connectivity index is 3.38. The summed E-state index contributed by atoms with van der Waals surface area (Å²) >= 11 is 0. The number of aliphatic hydroxyl groups excluding tert-OH is 2. The highest BCUT2D eigenvalue weighted by molar-refractivity contribution is 5.76. The number of carbonyl (C=O) groups excluding carboxylic acids is 2. The minimum Gasteiger partial charge on any atom is -0.466 e. The van der Waals surface area contributed by atoms with Gasteiger partial charge in [0.25, 0.3) is 0 Å². The number of hydrogen-bond acceptors (Lipinski definition) is 5. The molecule has 0 rings (SSSR count). The molecule has 0 aromatic heterocycles. The highest BCUT2D eigenvalue weighted by Gasteiger charge is 2.18. The number of aliphatic hydroxyl groups is 2. The van der Waals surface area contributed by atoms with Crippen LogP contribution in [0.4, 0.5) is 0 Å². The van der Waals surface area contributed by atoms with Crippen LogP contribution in [0, 0.1) is 0 Å². The number of unbranched alkanes of at least 4 members (excludes halogenated alkanes) is 53. The lowest BCUT2D eigenvalue weighted by atomic mass is 10.0. The quantitative estimate of drug-likeness (QED) is 0.0320. The number of ether oxygens (including phenoxy) is 1. The maximum atomic E-state index is 12.5. The average Bonchev–Trinajstić information content (AvgIpc) is 3.43. The highest BCUT2D eigenvalue weighted by atomic mass is 16.5. The molecule has 1 amide bonds. The van der Waals surface area contributed by atoms with Crippen molar-refractivity contribution in [2.45, 2.75) is 405 Å². The van der Waals surface area contributed by atoms with E-state index in [4.69, 9.17) is 4.74 Å². The van der Waals surface area contributed by atoms with Gasteiger partial charge >= 0.3 is 5.97 Å². The lowest BCUT2D eigenvalue weighted by molar-refractivity contribution is -0.143. The Morgan fingerprint density at radius 1 is 0.351 bits per heavy atom. The zero-order chi connectivity index (χ0) is 55.7. The van der Waals surface area contributed by atoms with Gasteiger partial charge in [-0.25, -0.2) is 0 Å². The molecule has 6 heteroatoms. The van der Waals surface area contributed by atoms with E-state index in [-0.39, 0.29) is 18.5 Å². The van der Waals surface area contributed by atoms with Crippen LogP contribution in [0.3, 0.4) is 0 Å². The van der Waals surface area contributed by atoms with Crippen molar-refractivity contribution in [3.63, 3.8) is 0 Å². The molecule has 2 unspecified atom stereocenters. The van der Waals surface area contributed by atoms with Crippen molar-refractivity contribution in [3.05, 3.63) is 24.3 Å². The standard InChI is InChI=1S/C71H137NO5/c1-3-5-7-9-11-13-15-16-17-18-34-37-40-44-47-51-55-59-63-69(74)68(67-73)72-70(75)64-60-56-52-48-45-41-38-35-32-30-28-26-24-22-20-19-21-23-25-27-29-31-33-36-39-42-46-50-54-58-62-66-77-71(76)65-61-57-53-49-43-14-12-10-8-6-4-2/h21,23,59,63,68-69,73-74H,3-20,22,24-58,60-62,64-67H2,1-2H3,(H,72,75)/b23-21-,63-59+. The van der Waals surface area contributed by atoms with E-state index >= 15 is 0 Å². The molecule has 0 bridgehead atoms. The van der Waals surface area contributed by atoms with Gasteiger partial charge in [-0.3, -0.25) is 9.59 Å². The topological polar surface area (TPSA) is 95.9 Å². The number of nitrogens with one attached hydrogen (secondary N) is 1. The van der Waals surface area contributed by atoms with Crippen molar-refractivity contribution in [1.82, 2.24) is 5.32 Å². The normalized spacial score (nSPS) is 12.6. The van der Waals surface area contributed by atoms with Crippen molar-refractivity contribution >= 4 is 11.9 Å². The largest absolute Gasteiger partial charge is 0.466 e. The molecule has 0 saturated heterocycles. The van der Waals surface area contributed by atoms with Gasteiger partial charge in [0.05, 0.1) is 25.4 Å². The van der Waals surface area contributed by atoms with Crippen LogP contribution >= 0.6 is 0 Å². The highest BCUT2D eigenvalue weighted by Crippen LogP contribution is 2.19. The summed E-state index contributed by atoms with van der Waals surface area (Å²) < 4.78 is 5.47. The van der Waals surface area contributed by atoms with Crippen LogP contribution in [0.25, 0.3) is 0 Å². The fourth-order valence-electron chi connectivity index (χ4n) is 11.1. The van der Waals surface area contributed by atoms with Gasteiger partial charge in [-0.1, -0.05) is 346 Å². The van der Waals surface area contributed by atoms with Crippen LogP contribution in [-0.4, -0.2) is 47.4 Å². The van der Waals surface area contributed by atoms with Crippen molar-refractivity contribution in [2.24, 2.45) is 0 Å². The molecule has 6 nitrogen and oxygen atoms in total. The van der Waals surface area contributed by atoms with E-state index in [1.807, 2.05) is 6.08 Å². The van der Waals surface area contributed by atoms with Gasteiger partial charge in [-0.2, -0.15) is 0 Å². The van der Waals surface area contributed by atoms with Crippen LogP contribution in [0.2, 0.25) is 0 Å². The fourth-order valence-corrected chi connectivity index (χ4v) is 11.1. The predicted octanol–water partition coefficient (Wildman–Crippen LogP) is 22.5. The summed E-state index contributed by atoms with van der Waals surface area (Å²) in [5.74, 6) is -0.0448. The first-order valence-electron chi connectivity index (χ1n) is 35.1. The van der Waals surface area contributed by atoms with E-state index < -0.39 is 12.1 Å². The molecule has 0 radical (unpaired) electrons. The van der Waals surface area contributed by atoms with E-state index in [0.29, 0.717) is 19.4 Å². The Kier molecular flexibility index (Phi) is 65.4. The van der Waals surface area contributed by atoms with Gasteiger partial charge in [0.1, 0.15) is 0 Å². The lowest BCUT2D eigenvalue weighted by Crippen LogP contribution is -2.45. The summed E-state index contributed by atoms with van der Waals surface area (Å²) in [6, 6.07) is -0.626. The Morgan fingerprint density at radius 3 is 0.922 bits per heavy atom. The SMILES string of the molecule is CCCCCCCCCCCCCCCCCC/C=C/C(O)C(CO)NC(=O)CCCCCCCCCCCCCCCCC/C=C\CCCCCCCCCCCCCCOC(=O)CCCCCCCCCCCCC. The molecule has 0 spiro atoms. The molecule has 0 saturated carbocycles. The second-order valence-electron chi connectivity index (χ2n) is 24.2. The summed E-state index contributed by atoms with van der Waals surface area (Å²) in [6.45, 7) is 4.94. The lowest BCUT2D eigenvalue weighted by Gasteiger charge is -2.20. The number of allylic oxidation sites excluding steroid dienone is 3. The van der Waals surface area contributed by atoms with Gasteiger partial charge in [0.15, 0.2) is 0 Å². The zero-order valence-corrected chi connectivity index (χ0v) is 52.2. The molecular formula is C71H137NO5. The first-order chi connectivity index (χ1) is 38.0. The number of carbonyl (C=O) groups is 2. The average molecular weight is 1080 g/mol. The van der Waals surface area contributed by atoms with Gasteiger partial charge in [0.2, 0.25) is 5.91 Å². The van der Waals surface area contributed by atoms with Crippen molar-refractivity contribution < 1.29 is 24.5 Å². The van der Waals surface area contributed by atoms with Crippen molar-refractivity contribution in [3.8, 4) is 0 Å². The van der Waals surface area contributed by atoms with Crippen molar-refractivity contribution in [1.29, 1.82) is 0 Å². The first-order valence-corrected chi connectivity index (χ1v) is 35.1. The minimum atomic E-state index is -0.843. The zero-order valence-electron chi connectivity index (χ0n) is 52.2. The summed E-state index contributed by atoms with van der Waals surface area (Å²) in [4.78, 5) is 24.5. The third-order valence-electron chi connectivity index (χ3n) is 16.5. The summed E-state index contributed by atoms with van der Waals surface area (Å²) in [6.07, 6.45) is 84.0. The summed E-state index contributed by atoms with van der Waals surface area (Å²) in [7, 11) is 0. The van der Waals surface area contributed by atoms with Gasteiger partial charge < -0.3 is 20.3 Å². The Morgan fingerprint density at radius 2 is 0.610 bits per heavy atom. The monoisotopic (exact) mass is 1080 g/mol. The van der Waals surface area contributed by atoms with Gasteiger partial charge in [0, 0.05) is 12.8 Å². The van der Waals surface area contributed by atoms with E-state index in [2.05, 4.69) is 31.3 Å². The molecule has 456 valence electrons. The van der Waals surface area contributed by atoms with Crippen molar-refractivity contribution in [2.75, 3.05) is 13.2 Å². The van der Waals surface area contributed by atoms with Crippen LogP contribution in [0.5, 0.6) is 0 Å². The molecule has 2 atom stereocenters. The molecule has 3 N–H and O–H groups in total. The molecule has 77 heavy (non-hydrogen) atoms. The maximum Gasteiger partial charge on any atom is 0.305 e. The number of esters is 1. The van der Waals surface area contributed by atoms with Gasteiger partial charge in [-0.15, -0.1) is 0 Å². The molecule has 0 fully saturated rings. The smallest absolute Gasteiger partial charge is 0.305 e. The Labute approximate surface area is 481 Å². The van der Waals surface area contributed by atoms with E-state index in [1.54, 1.807) is 6.08 Å². The molecule has 0 aliphatic heterocycles. The molecular weight excluding hydrogens is 947 g/mol. The summed E-state index contributed by atoms with van der Waals surface area (Å²) in [5, 5.41) is 23.2. The van der Waals surface area contributed by atoms with Crippen LogP contribution < -0.4 is 5.32 Å². The molecule has 0 aromatic rings. The first kappa shape index (κ1) is 75.3. The number of amides is 1. The summed E-state index contributed by atoms with van der Waals surface area (Å²) in [5.41, 5.74) is 0. The second-order valence-corrected chi connectivity index (χ2v) is 24.2. The van der Waals surface area contributed by atoms with E-state index in [0.717, 1.165) is 38.5 Å². The van der Waals surface area contributed by atoms with Crippen LogP contribution in [-0.2, 0) is 14.3 Å². The van der Waals surface area contributed by atoms with Crippen LogP contribution in [0.1, 0.15) is 393 Å². The fraction of sp³-hybridized carbons (Fsp3) is 0.915. The molecule has 0 aliphatic rings. The van der Waals surface area contributed by atoms with E-state index in [1.165, 1.54) is 327 Å². The predicted molar refractivity (Wildman–Crippen MR) is 338 cm³/mol. The molecule has 0 aliphatic carbocycles. The maximum absolute atomic E-state index is 12.5. The number of hydrogen-bond donors (Lipinski definition) is 3. The minimum absolute atomic E-state index is 0.0176. The third-order valence-corrected chi connectivity index (χ3v) is 16.5. The van der Waals surface area contributed by atoms with Crippen LogP contribution in [0.15, 0.2) is 24.3 Å². The molecule has 0 aromatic carbocycles. The number of rotatable bonds is 66. The van der Waals surface area contributed by atoms with Gasteiger partial charge in [-0.05, 0) is 57.8 Å². The van der Waals surface area contributed by atoms with E-state index in [9.17, 15) is 19.8 Å². The Hall–Kier alpha value is -1.66. The second kappa shape index (κ2) is 66.8. The third kappa shape index (κ3) is 63.4.